The summed E-state index contributed by atoms with van der Waals surface area (Å²) in [7, 11) is -1.01. The van der Waals surface area contributed by atoms with E-state index in [0.29, 0.717) is 17.2 Å². The lowest BCUT2D eigenvalue weighted by molar-refractivity contribution is -0.119. The molecule has 1 amide bonds. The SMILES string of the molecule is CCN([C@@H](C)C(=O)Nc1ccc(C)cc1)S(=O)(=O)c1ccc(OC)c(OC)c1. The van der Waals surface area contributed by atoms with Gasteiger partial charge in [-0.25, -0.2) is 8.42 Å². The van der Waals surface area contributed by atoms with Crippen molar-refractivity contribution in [2.75, 3.05) is 26.1 Å². The highest BCUT2D eigenvalue weighted by molar-refractivity contribution is 7.89. The maximum atomic E-state index is 13.1. The smallest absolute Gasteiger partial charge is 0.243 e. The maximum Gasteiger partial charge on any atom is 0.243 e. The number of amides is 1. The summed E-state index contributed by atoms with van der Waals surface area (Å²) in [6, 6.07) is 10.8. The average molecular weight is 407 g/mol. The molecule has 152 valence electrons. The third-order valence-corrected chi connectivity index (χ3v) is 6.45. The van der Waals surface area contributed by atoms with Crippen LogP contribution in [0.3, 0.4) is 0 Å². The lowest BCUT2D eigenvalue weighted by atomic mass is 10.2. The second kappa shape index (κ2) is 9.07. The van der Waals surface area contributed by atoms with Crippen molar-refractivity contribution < 1.29 is 22.7 Å². The highest BCUT2D eigenvalue weighted by Gasteiger charge is 2.32. The van der Waals surface area contributed by atoms with Gasteiger partial charge in [-0.3, -0.25) is 4.79 Å². The van der Waals surface area contributed by atoms with Gasteiger partial charge in [-0.15, -0.1) is 0 Å². The molecule has 0 aliphatic heterocycles. The third kappa shape index (κ3) is 4.63. The zero-order valence-corrected chi connectivity index (χ0v) is 17.5. The van der Waals surface area contributed by atoms with Crippen LogP contribution < -0.4 is 14.8 Å². The zero-order valence-electron chi connectivity index (χ0n) is 16.7. The largest absolute Gasteiger partial charge is 0.493 e. The van der Waals surface area contributed by atoms with E-state index in [1.54, 1.807) is 26.0 Å². The van der Waals surface area contributed by atoms with Crippen LogP contribution in [0.5, 0.6) is 11.5 Å². The summed E-state index contributed by atoms with van der Waals surface area (Å²) in [4.78, 5) is 12.7. The molecule has 1 N–H and O–H groups in total. The van der Waals surface area contributed by atoms with Gasteiger partial charge >= 0.3 is 0 Å². The lowest BCUT2D eigenvalue weighted by Gasteiger charge is -2.26. The minimum Gasteiger partial charge on any atom is -0.493 e. The standard InChI is InChI=1S/C20H26N2O5S/c1-6-22(15(3)20(23)21-16-9-7-14(2)8-10-16)28(24,25)17-11-12-18(26-4)19(13-17)27-5/h7-13,15H,6H2,1-5H3,(H,21,23)/t15-/m0/s1. The number of anilines is 1. The van der Waals surface area contributed by atoms with E-state index in [4.69, 9.17) is 9.47 Å². The van der Waals surface area contributed by atoms with Crippen molar-refractivity contribution in [3.8, 4) is 11.5 Å². The van der Waals surface area contributed by atoms with Crippen molar-refractivity contribution in [2.24, 2.45) is 0 Å². The van der Waals surface area contributed by atoms with Crippen molar-refractivity contribution in [1.82, 2.24) is 4.31 Å². The molecule has 0 spiro atoms. The Balaban J connectivity index is 2.28. The van der Waals surface area contributed by atoms with Crippen LogP contribution in [0, 0.1) is 6.92 Å². The summed E-state index contributed by atoms with van der Waals surface area (Å²) < 4.78 is 37.7. The van der Waals surface area contributed by atoms with Crippen LogP contribution in [0.15, 0.2) is 47.4 Å². The van der Waals surface area contributed by atoms with Gasteiger partial charge in [0.05, 0.1) is 19.1 Å². The van der Waals surface area contributed by atoms with Gasteiger partial charge in [0, 0.05) is 18.3 Å². The predicted molar refractivity (Wildman–Crippen MR) is 108 cm³/mol. The molecule has 0 saturated carbocycles. The number of rotatable bonds is 8. The van der Waals surface area contributed by atoms with E-state index in [2.05, 4.69) is 5.32 Å². The number of carbonyl (C=O) groups is 1. The number of likely N-dealkylation sites (N-methyl/N-ethyl adjacent to an activating group) is 1. The van der Waals surface area contributed by atoms with E-state index < -0.39 is 22.0 Å². The summed E-state index contributed by atoms with van der Waals surface area (Å²) in [5, 5.41) is 2.76. The van der Waals surface area contributed by atoms with Gasteiger partial charge in [-0.05, 0) is 38.1 Å². The molecule has 28 heavy (non-hydrogen) atoms. The Bertz CT molecular complexity index is 926. The molecule has 0 unspecified atom stereocenters. The number of sulfonamides is 1. The Kier molecular flexibility index (Phi) is 7.04. The van der Waals surface area contributed by atoms with Crippen LogP contribution in [-0.4, -0.2) is 45.4 Å². The fourth-order valence-electron chi connectivity index (χ4n) is 2.78. The molecule has 7 nitrogen and oxygen atoms in total. The van der Waals surface area contributed by atoms with E-state index in [9.17, 15) is 13.2 Å². The first-order valence-corrected chi connectivity index (χ1v) is 10.3. The Morgan fingerprint density at radius 1 is 1.07 bits per heavy atom. The Labute approximate surface area is 166 Å². The van der Waals surface area contributed by atoms with Gasteiger partial charge in [0.2, 0.25) is 15.9 Å². The molecule has 0 aromatic heterocycles. The topological polar surface area (TPSA) is 84.9 Å². The number of methoxy groups -OCH3 is 2. The molecule has 0 bridgehead atoms. The highest BCUT2D eigenvalue weighted by atomic mass is 32.2. The molecular weight excluding hydrogens is 380 g/mol. The first-order valence-electron chi connectivity index (χ1n) is 8.86. The summed E-state index contributed by atoms with van der Waals surface area (Å²) >= 11 is 0. The summed E-state index contributed by atoms with van der Waals surface area (Å²) in [6.07, 6.45) is 0. The molecule has 0 heterocycles. The fraction of sp³-hybridized carbons (Fsp3) is 0.350. The Hall–Kier alpha value is -2.58. The van der Waals surface area contributed by atoms with Gasteiger partial charge in [-0.2, -0.15) is 4.31 Å². The maximum absolute atomic E-state index is 13.1. The molecule has 2 aromatic carbocycles. The number of aryl methyl sites for hydroxylation is 1. The van der Waals surface area contributed by atoms with Crippen molar-refractivity contribution >= 4 is 21.6 Å². The number of nitrogens with zero attached hydrogens (tertiary/aromatic N) is 1. The van der Waals surface area contributed by atoms with E-state index in [0.717, 1.165) is 9.87 Å². The van der Waals surface area contributed by atoms with E-state index in [-0.39, 0.29) is 11.4 Å². The van der Waals surface area contributed by atoms with Crippen molar-refractivity contribution in [2.45, 2.75) is 31.7 Å². The molecule has 8 heteroatoms. The van der Waals surface area contributed by atoms with Crippen LogP contribution in [-0.2, 0) is 14.8 Å². The molecule has 2 rings (SSSR count). The van der Waals surface area contributed by atoms with E-state index in [1.165, 1.54) is 32.4 Å². The van der Waals surface area contributed by atoms with Gasteiger partial charge in [0.1, 0.15) is 6.04 Å². The number of hydrogen-bond donors (Lipinski definition) is 1. The van der Waals surface area contributed by atoms with Crippen LogP contribution in [0.1, 0.15) is 19.4 Å². The second-order valence-electron chi connectivity index (χ2n) is 6.26. The van der Waals surface area contributed by atoms with E-state index in [1.807, 2.05) is 19.1 Å². The number of ether oxygens (including phenoxy) is 2. The van der Waals surface area contributed by atoms with Crippen LogP contribution in [0.25, 0.3) is 0 Å². The fourth-order valence-corrected chi connectivity index (χ4v) is 4.40. The van der Waals surface area contributed by atoms with Crippen molar-refractivity contribution in [3.63, 3.8) is 0 Å². The second-order valence-corrected chi connectivity index (χ2v) is 8.15. The molecule has 1 atom stereocenters. The Morgan fingerprint density at radius 3 is 2.21 bits per heavy atom. The normalized spacial score (nSPS) is 12.5. The molecule has 0 aliphatic carbocycles. The highest BCUT2D eigenvalue weighted by Crippen LogP contribution is 2.31. The first-order chi connectivity index (χ1) is 13.2. The van der Waals surface area contributed by atoms with Crippen LogP contribution in [0.4, 0.5) is 5.69 Å². The zero-order chi connectivity index (χ0) is 20.9. The number of nitrogens with one attached hydrogen (secondary N) is 1. The van der Waals surface area contributed by atoms with Gasteiger partial charge in [0.15, 0.2) is 11.5 Å². The Morgan fingerprint density at radius 2 is 1.68 bits per heavy atom. The van der Waals surface area contributed by atoms with Gasteiger partial charge in [0.25, 0.3) is 0 Å². The van der Waals surface area contributed by atoms with E-state index >= 15 is 0 Å². The number of carbonyl (C=O) groups excluding carboxylic acids is 1. The minimum atomic E-state index is -3.92. The third-order valence-electron chi connectivity index (χ3n) is 4.40. The van der Waals surface area contributed by atoms with Crippen molar-refractivity contribution in [3.05, 3.63) is 48.0 Å². The summed E-state index contributed by atoms with van der Waals surface area (Å²) in [5.41, 5.74) is 1.68. The predicted octanol–water partition coefficient (Wildman–Crippen LogP) is 3.05. The summed E-state index contributed by atoms with van der Waals surface area (Å²) in [6.45, 7) is 5.33. The molecule has 0 radical (unpaired) electrons. The lowest BCUT2D eigenvalue weighted by Crippen LogP contribution is -2.45. The molecule has 0 aliphatic rings. The minimum absolute atomic E-state index is 0.0296. The van der Waals surface area contributed by atoms with Crippen LogP contribution >= 0.6 is 0 Å². The average Bonchev–Trinajstić information content (AvgIpc) is 2.69. The molecular formula is C20H26N2O5S. The molecule has 0 fully saturated rings. The molecule has 2 aromatic rings. The first kappa shape index (κ1) is 21.7. The number of hydrogen-bond acceptors (Lipinski definition) is 5. The van der Waals surface area contributed by atoms with Crippen LogP contribution in [0.2, 0.25) is 0 Å². The van der Waals surface area contributed by atoms with Gasteiger partial charge in [-0.1, -0.05) is 24.6 Å². The van der Waals surface area contributed by atoms with Gasteiger partial charge < -0.3 is 14.8 Å². The number of benzene rings is 2. The molecule has 0 saturated heterocycles. The summed E-state index contributed by atoms with van der Waals surface area (Å²) in [5.74, 6) is 0.320. The quantitative estimate of drug-likeness (QED) is 0.728. The monoisotopic (exact) mass is 406 g/mol. The van der Waals surface area contributed by atoms with Crippen molar-refractivity contribution in [1.29, 1.82) is 0 Å².